The Morgan fingerprint density at radius 1 is 0.229 bits per heavy atom. The van der Waals surface area contributed by atoms with Crippen molar-refractivity contribution >= 4 is 133 Å². The van der Waals surface area contributed by atoms with Gasteiger partial charge >= 0.3 is 0 Å². The van der Waals surface area contributed by atoms with Gasteiger partial charge in [0.2, 0.25) is 8.07 Å². The van der Waals surface area contributed by atoms with Crippen molar-refractivity contribution in [3.63, 3.8) is 0 Å². The first-order chi connectivity index (χ1) is 71.5. The quantitative estimate of drug-likeness (QED) is 0.101. The molecule has 0 amide bonds. The van der Waals surface area contributed by atoms with Crippen molar-refractivity contribution in [1.29, 1.82) is 0 Å². The summed E-state index contributed by atoms with van der Waals surface area (Å²) in [5, 5.41) is 15.9. The van der Waals surface area contributed by atoms with E-state index in [1.165, 1.54) is 215 Å². The first-order valence-electron chi connectivity index (χ1n) is 48.9. The lowest BCUT2D eigenvalue weighted by Crippen LogP contribution is -2.74. The van der Waals surface area contributed by atoms with Crippen molar-refractivity contribution in [2.45, 2.75) is 0 Å². The smallest absolute Gasteiger partial charge is 0.223 e. The van der Waals surface area contributed by atoms with Crippen LogP contribution in [0.1, 0.15) is 0 Å². The Kier molecular flexibility index (Phi) is 19.5. The fourth-order valence-electron chi connectivity index (χ4n) is 24.0. The van der Waals surface area contributed by atoms with E-state index in [1.54, 1.807) is 17.6 Å². The Morgan fingerprint density at radius 2 is 0.639 bits per heavy atom. The number of hydrogen-bond donors (Lipinski definition) is 0. The molecular formula is C133H82N4O2S3Si2. The highest BCUT2D eigenvalue weighted by atomic mass is 32.1. The van der Waals surface area contributed by atoms with Crippen molar-refractivity contribution in [3.05, 3.63) is 497 Å². The largest absolute Gasteiger partial charge is 0.464 e. The summed E-state index contributed by atoms with van der Waals surface area (Å²) in [6.45, 7) is 0. The number of fused-ring (bicyclic) bond motifs is 38. The third kappa shape index (κ3) is 12.8. The van der Waals surface area contributed by atoms with E-state index in [-0.39, 0.29) is 0 Å². The summed E-state index contributed by atoms with van der Waals surface area (Å²) in [6.07, 6.45) is 7.37. The number of rotatable bonds is 10. The average Bonchev–Trinajstić information content (AvgIpc) is 1.44. The van der Waals surface area contributed by atoms with E-state index in [9.17, 15) is 0 Å². The van der Waals surface area contributed by atoms with Gasteiger partial charge in [0, 0.05) is 104 Å². The third-order valence-electron chi connectivity index (χ3n) is 30.3. The molecule has 0 saturated carbocycles. The van der Waals surface area contributed by atoms with Gasteiger partial charge in [-0.3, -0.25) is 15.0 Å². The molecule has 11 heteroatoms. The zero-order valence-corrected chi connectivity index (χ0v) is 82.1. The van der Waals surface area contributed by atoms with Crippen LogP contribution in [0.5, 0.6) is 0 Å². The average molecular weight is 1920 g/mol. The van der Waals surface area contributed by atoms with Crippen LogP contribution in [0, 0.1) is 0 Å². The molecule has 6 nitrogen and oxygen atoms in total. The van der Waals surface area contributed by atoms with Crippen molar-refractivity contribution < 1.29 is 8.83 Å². The third-order valence-corrected chi connectivity index (χ3v) is 43.6. The Hall–Kier alpha value is -17.4. The minimum atomic E-state index is -3.36. The van der Waals surface area contributed by atoms with Crippen molar-refractivity contribution in [3.8, 4) is 194 Å². The molecule has 144 heavy (non-hydrogen) atoms. The second-order valence-electron chi connectivity index (χ2n) is 37.6. The molecule has 17 aromatic carbocycles. The molecule has 0 saturated heterocycles. The number of hydrogen-bond acceptors (Lipinski definition) is 8. The van der Waals surface area contributed by atoms with Crippen LogP contribution in [0.15, 0.2) is 506 Å². The molecule has 30 rings (SSSR count). The van der Waals surface area contributed by atoms with Crippen LogP contribution in [0.2, 0.25) is 0 Å². The molecule has 0 radical (unpaired) electrons. The second kappa shape index (κ2) is 33.7. The Labute approximate surface area is 846 Å². The molecule has 0 N–H and O–H groups in total. The zero-order valence-electron chi connectivity index (χ0n) is 77.7. The number of nitrogens with zero attached hydrogens (tertiary/aromatic N) is 4. The van der Waals surface area contributed by atoms with Gasteiger partial charge in [0.1, 0.15) is 22.9 Å². The van der Waals surface area contributed by atoms with Gasteiger partial charge in [-0.15, -0.1) is 34.0 Å². The molecule has 0 unspecified atom stereocenters. The van der Waals surface area contributed by atoms with E-state index in [2.05, 4.69) is 465 Å². The first kappa shape index (κ1) is 83.6. The molecule has 672 valence electrons. The summed E-state index contributed by atoms with van der Waals surface area (Å²) in [5.74, 6) is 1.49. The lowest BCUT2D eigenvalue weighted by atomic mass is 9.80. The van der Waals surface area contributed by atoms with E-state index in [1.807, 2.05) is 53.4 Å². The van der Waals surface area contributed by atoms with Crippen molar-refractivity contribution in [2.24, 2.45) is 0 Å². The summed E-state index contributed by atoms with van der Waals surface area (Å²) in [4.78, 5) is 17.5. The zero-order chi connectivity index (χ0) is 94.7. The summed E-state index contributed by atoms with van der Waals surface area (Å²) < 4.78 is 20.5. The van der Waals surface area contributed by atoms with Gasteiger partial charge in [-0.2, -0.15) is 0 Å². The maximum absolute atomic E-state index is 7.66. The maximum Gasteiger partial charge on any atom is 0.223 e. The molecule has 0 spiro atoms. The fraction of sp³-hybridized carbons (Fsp3) is 0. The van der Waals surface area contributed by atoms with Crippen LogP contribution >= 0.6 is 34.0 Å². The van der Waals surface area contributed by atoms with Gasteiger partial charge in [-0.25, -0.2) is 0 Å². The topological polar surface area (TPSA) is 69.9 Å². The molecule has 4 aliphatic carbocycles. The van der Waals surface area contributed by atoms with Crippen molar-refractivity contribution in [1.82, 2.24) is 19.5 Å². The summed E-state index contributed by atoms with van der Waals surface area (Å²) in [5.41, 5.74) is 37.9. The van der Waals surface area contributed by atoms with Crippen LogP contribution < -0.4 is 41.0 Å². The molecule has 0 bridgehead atoms. The van der Waals surface area contributed by atoms with E-state index >= 15 is 0 Å². The Morgan fingerprint density at radius 3 is 1.19 bits per heavy atom. The van der Waals surface area contributed by atoms with Crippen LogP contribution in [0.4, 0.5) is 0 Å². The normalized spacial score (nSPS) is 12.2. The minimum Gasteiger partial charge on any atom is -0.464 e. The Balaban J connectivity index is 0.000000137. The maximum atomic E-state index is 7.66. The van der Waals surface area contributed by atoms with E-state index < -0.39 is 16.1 Å². The van der Waals surface area contributed by atoms with Crippen LogP contribution in [-0.2, 0) is 0 Å². The predicted octanol–water partition coefficient (Wildman–Crippen LogP) is 30.7. The lowest BCUT2D eigenvalue weighted by molar-refractivity contribution is 0.582. The second-order valence-corrected chi connectivity index (χ2v) is 48.5. The van der Waals surface area contributed by atoms with E-state index in [0.29, 0.717) is 0 Å². The summed E-state index contributed by atoms with van der Waals surface area (Å²) >= 11 is 5.65. The van der Waals surface area contributed by atoms with Gasteiger partial charge in [-0.1, -0.05) is 370 Å². The van der Waals surface area contributed by atoms with Gasteiger partial charge < -0.3 is 13.4 Å². The number of para-hydroxylation sites is 2. The monoisotopic (exact) mass is 1920 g/mol. The van der Waals surface area contributed by atoms with Gasteiger partial charge in [0.15, 0.2) is 8.07 Å². The number of furan rings is 2. The highest BCUT2D eigenvalue weighted by molar-refractivity contribution is 7.38. The molecule has 0 aliphatic heterocycles. The SMILES string of the molecule is c1ccc([Si](c2ccccc2)(c2ccc3c(c2)-c2ccccc2-c2ccccc2-c2cc(-c4cccc5c4sc4ccccc45)ccc2-3)c2cc3c(s2)-c2cccnc2-c2sccc2-c2ccccc2-3)cc1.c1ccc([Si](c2ccccc2)(c2ccc3c(c2)-c2ccccc2-c2ccccc2-c2cc(-n4c5ccccc5c5ccccc54)ccc2-3)c2cc3c(o2)-c2cccnc2-c2ncccc2-c2occc2-3)cc1. The van der Waals surface area contributed by atoms with E-state index in [4.69, 9.17) is 23.8 Å². The van der Waals surface area contributed by atoms with Crippen LogP contribution in [0.25, 0.3) is 236 Å². The molecule has 26 aromatic rings. The number of pyridine rings is 3. The molecule has 9 aromatic heterocycles. The molecule has 0 fully saturated rings. The van der Waals surface area contributed by atoms with Gasteiger partial charge in [0.25, 0.3) is 0 Å². The minimum absolute atomic E-state index is 0.743. The highest BCUT2D eigenvalue weighted by Gasteiger charge is 2.49. The number of benzene rings is 17. The molecular weight excluding hydrogens is 1840 g/mol. The lowest BCUT2D eigenvalue weighted by Gasteiger charge is -2.34. The first-order valence-corrected chi connectivity index (χ1v) is 55.5. The number of thiophene rings is 3. The fourth-order valence-corrected chi connectivity index (χ4v) is 38.0. The summed E-state index contributed by atoms with van der Waals surface area (Å²) in [7, 11) is -6.48. The van der Waals surface area contributed by atoms with Crippen LogP contribution in [0.3, 0.4) is 0 Å². The molecule has 0 atom stereocenters. The summed E-state index contributed by atoms with van der Waals surface area (Å²) in [6, 6.07) is 174. The molecule has 4 aliphatic rings. The van der Waals surface area contributed by atoms with Crippen molar-refractivity contribution in [2.75, 3.05) is 0 Å². The number of aromatic nitrogens is 4. The Bertz CT molecular complexity index is 9490. The molecule has 9 heterocycles. The van der Waals surface area contributed by atoms with E-state index in [0.717, 1.165) is 61.9 Å². The van der Waals surface area contributed by atoms with Gasteiger partial charge in [-0.05, 0) is 245 Å². The van der Waals surface area contributed by atoms with Crippen LogP contribution in [-0.4, -0.2) is 35.7 Å². The highest BCUT2D eigenvalue weighted by Crippen LogP contribution is 2.56. The predicted molar refractivity (Wildman–Crippen MR) is 608 cm³/mol. The standard InChI is InChI=1S/C67H41NS3Si.C66H41N3O2Si/c1-3-17-43(18-4-1)72(44-19-5-2-6-20-44,63-41-61-52-26-12-9-23-49(52)57-36-38-69-67(57)64-58(66(61)71-63)30-16-37-68-64)45-33-35-54-53-34-32-42(46-28-15-29-56-55-27-13-14-31-62(55)70-65(46)56)39-59(53)50-24-10-7-21-47(50)48-22-8-11-25-51(48)60(54)40-45;1-3-17-43(18-4-1)72(44-19-5-2-6-20-44,62-41-59-54-35-38-70-65(54)55-27-15-36-67-63(55)64-56(66(59)71-62)28-16-37-68-64)45-32-34-51-50-33-31-42(69-60-29-13-11-25-52(60)53-26-12-14-30-61(53)69)39-57(50)48-23-9-7-21-46(48)47-22-8-10-24-49(47)58(51)40-45/h2*1-41H. The van der Waals surface area contributed by atoms with Gasteiger partial charge in [0.05, 0.1) is 33.3 Å².